The maximum atomic E-state index is 13.5. The van der Waals surface area contributed by atoms with Crippen molar-refractivity contribution in [1.29, 1.82) is 0 Å². The fourth-order valence-corrected chi connectivity index (χ4v) is 5.61. The molecule has 2 atom stereocenters. The van der Waals surface area contributed by atoms with Gasteiger partial charge in [-0.25, -0.2) is 4.79 Å². The Morgan fingerprint density at radius 1 is 1.17 bits per heavy atom. The first-order valence-corrected chi connectivity index (χ1v) is 11.9. The first-order valence-electron chi connectivity index (χ1n) is 11.9. The first-order chi connectivity index (χ1) is 14.3. The predicted octanol–water partition coefficient (Wildman–Crippen LogP) is 2.85. The van der Waals surface area contributed by atoms with Crippen molar-refractivity contribution in [1.82, 2.24) is 20.0 Å². The molecule has 0 radical (unpaired) electrons. The van der Waals surface area contributed by atoms with Gasteiger partial charge in [-0.2, -0.15) is 0 Å². The molecule has 3 saturated heterocycles. The van der Waals surface area contributed by atoms with Crippen LogP contribution in [0.1, 0.15) is 72.1 Å². The Morgan fingerprint density at radius 3 is 2.43 bits per heavy atom. The molecule has 3 heterocycles. The van der Waals surface area contributed by atoms with Gasteiger partial charge in [0.1, 0.15) is 5.54 Å². The second kappa shape index (κ2) is 9.67. The minimum atomic E-state index is -0.791. The fraction of sp³-hybridized carbons (Fsp3) is 0.870. The normalized spacial score (nSPS) is 28.6. The Labute approximate surface area is 181 Å². The lowest BCUT2D eigenvalue weighted by Crippen LogP contribution is -2.56. The third-order valence-corrected chi connectivity index (χ3v) is 7.33. The van der Waals surface area contributed by atoms with Crippen LogP contribution in [-0.4, -0.2) is 77.4 Å². The van der Waals surface area contributed by atoms with Crippen LogP contribution in [0.15, 0.2) is 0 Å². The third-order valence-electron chi connectivity index (χ3n) is 7.33. The Morgan fingerprint density at radius 2 is 1.87 bits per heavy atom. The summed E-state index contributed by atoms with van der Waals surface area (Å²) in [6.07, 6.45) is 6.81. The summed E-state index contributed by atoms with van der Waals surface area (Å²) in [7, 11) is 2.12. The standard InChI is InChI=1S/C23H40N4O3/c1-5-11-23(18-8-13-26(14-9-18)20(28)16-17(2)3)21(29)27(22(30)24-23)15-10-19-7-6-12-25(19)4/h17-19H,5-16H2,1-4H3,(H,24,30)/t19-,23-/m0/s1. The summed E-state index contributed by atoms with van der Waals surface area (Å²) in [6, 6.07) is 0.231. The number of hydrogen-bond donors (Lipinski definition) is 1. The predicted molar refractivity (Wildman–Crippen MR) is 117 cm³/mol. The molecular formula is C23H40N4O3. The SMILES string of the molecule is CCC[C@@]1(C2CCN(C(=O)CC(C)C)CC2)NC(=O)N(CC[C@@H]2CCCN2C)C1=O. The first kappa shape index (κ1) is 23.0. The molecule has 0 spiro atoms. The van der Waals surface area contributed by atoms with Crippen LogP contribution in [0.4, 0.5) is 4.79 Å². The summed E-state index contributed by atoms with van der Waals surface area (Å²) in [5.74, 6) is 0.611. The summed E-state index contributed by atoms with van der Waals surface area (Å²) in [6.45, 7) is 9.14. The van der Waals surface area contributed by atoms with Crippen LogP contribution in [0.5, 0.6) is 0 Å². The van der Waals surface area contributed by atoms with Crippen LogP contribution in [-0.2, 0) is 9.59 Å². The molecule has 0 aromatic rings. The molecule has 7 nitrogen and oxygen atoms in total. The quantitative estimate of drug-likeness (QED) is 0.613. The molecule has 1 N–H and O–H groups in total. The molecule has 7 heteroatoms. The van der Waals surface area contributed by atoms with E-state index in [-0.39, 0.29) is 23.8 Å². The zero-order chi connectivity index (χ0) is 21.9. The largest absolute Gasteiger partial charge is 0.343 e. The van der Waals surface area contributed by atoms with Gasteiger partial charge < -0.3 is 15.1 Å². The van der Waals surface area contributed by atoms with E-state index in [1.54, 1.807) is 0 Å². The molecule has 0 aromatic heterocycles. The van der Waals surface area contributed by atoms with Crippen molar-refractivity contribution >= 4 is 17.8 Å². The zero-order valence-corrected chi connectivity index (χ0v) is 19.3. The number of nitrogens with zero attached hydrogens (tertiary/aromatic N) is 3. The van der Waals surface area contributed by atoms with Crippen LogP contribution >= 0.6 is 0 Å². The van der Waals surface area contributed by atoms with Crippen LogP contribution in [0, 0.1) is 11.8 Å². The van der Waals surface area contributed by atoms with Gasteiger partial charge >= 0.3 is 6.03 Å². The highest BCUT2D eigenvalue weighted by Gasteiger charge is 2.55. The molecule has 0 bridgehead atoms. The third kappa shape index (κ3) is 4.66. The van der Waals surface area contributed by atoms with Crippen LogP contribution in [0.3, 0.4) is 0 Å². The van der Waals surface area contributed by atoms with Crippen molar-refractivity contribution in [2.24, 2.45) is 11.8 Å². The number of hydrogen-bond acceptors (Lipinski definition) is 4. The smallest absolute Gasteiger partial charge is 0.325 e. The Balaban J connectivity index is 1.64. The average molecular weight is 421 g/mol. The molecule has 30 heavy (non-hydrogen) atoms. The van der Waals surface area contributed by atoms with Gasteiger partial charge in [0.15, 0.2) is 0 Å². The minimum absolute atomic E-state index is 0.0399. The van der Waals surface area contributed by atoms with E-state index < -0.39 is 5.54 Å². The lowest BCUT2D eigenvalue weighted by atomic mass is 9.74. The van der Waals surface area contributed by atoms with Crippen LogP contribution in [0.25, 0.3) is 0 Å². The average Bonchev–Trinajstić information content (AvgIpc) is 3.21. The Bertz CT molecular complexity index is 644. The number of piperidine rings is 1. The highest BCUT2D eigenvalue weighted by molar-refractivity contribution is 6.07. The molecule has 4 amide bonds. The Kier molecular flexibility index (Phi) is 7.43. The molecule has 3 aliphatic rings. The number of amides is 4. The lowest BCUT2D eigenvalue weighted by molar-refractivity contribution is -0.136. The minimum Gasteiger partial charge on any atom is -0.343 e. The maximum absolute atomic E-state index is 13.5. The summed E-state index contributed by atoms with van der Waals surface area (Å²) >= 11 is 0. The van der Waals surface area contributed by atoms with Gasteiger partial charge in [0.2, 0.25) is 5.91 Å². The molecule has 3 aliphatic heterocycles. The number of nitrogens with one attached hydrogen (secondary N) is 1. The molecule has 0 saturated carbocycles. The summed E-state index contributed by atoms with van der Waals surface area (Å²) < 4.78 is 0. The van der Waals surface area contributed by atoms with Gasteiger partial charge in [0.25, 0.3) is 5.91 Å². The fourth-order valence-electron chi connectivity index (χ4n) is 5.61. The molecule has 170 valence electrons. The van der Waals surface area contributed by atoms with Crippen LogP contribution < -0.4 is 5.32 Å². The number of urea groups is 1. The van der Waals surface area contributed by atoms with E-state index >= 15 is 0 Å². The number of carbonyl (C=O) groups is 3. The highest BCUT2D eigenvalue weighted by atomic mass is 16.2. The van der Waals surface area contributed by atoms with Crippen LogP contribution in [0.2, 0.25) is 0 Å². The van der Waals surface area contributed by atoms with E-state index in [1.165, 1.54) is 11.3 Å². The zero-order valence-electron chi connectivity index (χ0n) is 19.3. The van der Waals surface area contributed by atoms with Gasteiger partial charge in [0.05, 0.1) is 0 Å². The van der Waals surface area contributed by atoms with Crippen molar-refractivity contribution in [3.8, 4) is 0 Å². The molecule has 0 unspecified atom stereocenters. The molecule has 0 aliphatic carbocycles. The molecule has 0 aromatic carbocycles. The number of imide groups is 1. The second-order valence-corrected chi connectivity index (χ2v) is 9.93. The van der Waals surface area contributed by atoms with Crippen molar-refractivity contribution in [3.05, 3.63) is 0 Å². The van der Waals surface area contributed by atoms with E-state index in [1.807, 2.05) is 4.90 Å². The van der Waals surface area contributed by atoms with Gasteiger partial charge in [0, 0.05) is 32.1 Å². The number of likely N-dealkylation sites (tertiary alicyclic amines) is 2. The number of rotatable bonds is 8. The van der Waals surface area contributed by atoms with E-state index in [0.717, 1.165) is 38.6 Å². The second-order valence-electron chi connectivity index (χ2n) is 9.93. The van der Waals surface area contributed by atoms with Crippen molar-refractivity contribution in [3.63, 3.8) is 0 Å². The summed E-state index contributed by atoms with van der Waals surface area (Å²) in [4.78, 5) is 44.5. The van der Waals surface area contributed by atoms with Gasteiger partial charge in [-0.05, 0) is 64.0 Å². The van der Waals surface area contributed by atoms with E-state index in [0.29, 0.717) is 44.4 Å². The molecule has 3 rings (SSSR count). The monoisotopic (exact) mass is 420 g/mol. The highest BCUT2D eigenvalue weighted by Crippen LogP contribution is 2.37. The van der Waals surface area contributed by atoms with E-state index in [9.17, 15) is 14.4 Å². The van der Waals surface area contributed by atoms with E-state index in [4.69, 9.17) is 0 Å². The van der Waals surface area contributed by atoms with Gasteiger partial charge in [-0.15, -0.1) is 0 Å². The Hall–Kier alpha value is -1.63. The van der Waals surface area contributed by atoms with Crippen molar-refractivity contribution in [2.75, 3.05) is 33.2 Å². The van der Waals surface area contributed by atoms with Crippen molar-refractivity contribution < 1.29 is 14.4 Å². The topological polar surface area (TPSA) is 73.0 Å². The summed E-state index contributed by atoms with van der Waals surface area (Å²) in [5, 5.41) is 3.12. The number of carbonyl (C=O) groups excluding carboxylic acids is 3. The van der Waals surface area contributed by atoms with Gasteiger partial charge in [-0.3, -0.25) is 14.5 Å². The van der Waals surface area contributed by atoms with Crippen molar-refractivity contribution in [2.45, 2.75) is 83.7 Å². The molecule has 3 fully saturated rings. The van der Waals surface area contributed by atoms with Gasteiger partial charge in [-0.1, -0.05) is 27.2 Å². The van der Waals surface area contributed by atoms with E-state index in [2.05, 4.69) is 38.0 Å². The molecular weight excluding hydrogens is 380 g/mol. The lowest BCUT2D eigenvalue weighted by Gasteiger charge is -2.41. The summed E-state index contributed by atoms with van der Waals surface area (Å²) in [5.41, 5.74) is -0.791. The maximum Gasteiger partial charge on any atom is 0.325 e.